The molecular formula is C15H24O4. The minimum absolute atomic E-state index is 0.0625. The topological polar surface area (TPSA) is 63.6 Å². The number of rotatable bonds is 2. The number of hydrogen-bond acceptors (Lipinski definition) is 3. The second kappa shape index (κ2) is 4.58. The maximum atomic E-state index is 11.9. The van der Waals surface area contributed by atoms with Gasteiger partial charge in [-0.2, -0.15) is 0 Å². The van der Waals surface area contributed by atoms with Crippen LogP contribution in [0.15, 0.2) is 0 Å². The third kappa shape index (κ3) is 2.55. The van der Waals surface area contributed by atoms with Crippen molar-refractivity contribution in [2.75, 3.05) is 0 Å². The third-order valence-electron chi connectivity index (χ3n) is 4.74. The van der Waals surface area contributed by atoms with Gasteiger partial charge in [0.25, 0.3) is 0 Å². The van der Waals surface area contributed by atoms with Crippen molar-refractivity contribution in [1.29, 1.82) is 0 Å². The molecule has 19 heavy (non-hydrogen) atoms. The summed E-state index contributed by atoms with van der Waals surface area (Å²) >= 11 is 0. The third-order valence-corrected chi connectivity index (χ3v) is 4.74. The van der Waals surface area contributed by atoms with Crippen molar-refractivity contribution < 1.29 is 19.4 Å². The van der Waals surface area contributed by atoms with Crippen LogP contribution in [0, 0.1) is 17.3 Å². The van der Waals surface area contributed by atoms with E-state index in [-0.39, 0.29) is 28.8 Å². The first-order valence-corrected chi connectivity index (χ1v) is 7.08. The Morgan fingerprint density at radius 1 is 1.37 bits per heavy atom. The molecule has 1 N–H and O–H groups in total. The number of carboxylic acids is 1. The van der Waals surface area contributed by atoms with Gasteiger partial charge in [0.15, 0.2) is 0 Å². The van der Waals surface area contributed by atoms with Gasteiger partial charge < -0.3 is 9.84 Å². The molecule has 0 aromatic heterocycles. The van der Waals surface area contributed by atoms with Crippen molar-refractivity contribution in [3.63, 3.8) is 0 Å². The molecule has 4 atom stereocenters. The first kappa shape index (κ1) is 14.5. The summed E-state index contributed by atoms with van der Waals surface area (Å²) in [6.07, 6.45) is 2.82. The van der Waals surface area contributed by atoms with Gasteiger partial charge in [0.05, 0.1) is 11.7 Å². The van der Waals surface area contributed by atoms with Gasteiger partial charge in [0.1, 0.15) is 11.7 Å². The summed E-state index contributed by atoms with van der Waals surface area (Å²) in [6, 6.07) is 0. The number of carbonyl (C=O) groups is 2. The highest BCUT2D eigenvalue weighted by molar-refractivity contribution is 5.99. The van der Waals surface area contributed by atoms with E-state index in [1.807, 2.05) is 20.8 Å². The largest absolute Gasteiger partial charge is 0.481 e. The van der Waals surface area contributed by atoms with E-state index in [0.717, 1.165) is 19.3 Å². The zero-order chi connectivity index (χ0) is 14.4. The van der Waals surface area contributed by atoms with Gasteiger partial charge in [-0.05, 0) is 51.4 Å². The van der Waals surface area contributed by atoms with Gasteiger partial charge >= 0.3 is 5.97 Å². The van der Waals surface area contributed by atoms with Gasteiger partial charge in [-0.15, -0.1) is 0 Å². The highest BCUT2D eigenvalue weighted by atomic mass is 16.5. The maximum Gasteiger partial charge on any atom is 0.314 e. The molecular weight excluding hydrogens is 244 g/mol. The lowest BCUT2D eigenvalue weighted by atomic mass is 9.63. The van der Waals surface area contributed by atoms with Crippen LogP contribution in [0.2, 0.25) is 0 Å². The molecule has 2 unspecified atom stereocenters. The molecule has 0 amide bonds. The van der Waals surface area contributed by atoms with E-state index in [1.165, 1.54) is 0 Å². The summed E-state index contributed by atoms with van der Waals surface area (Å²) in [6.45, 7) is 8.16. The normalized spacial score (nSPS) is 39.2. The van der Waals surface area contributed by atoms with Gasteiger partial charge in [0.2, 0.25) is 0 Å². The fourth-order valence-electron chi connectivity index (χ4n) is 3.83. The molecule has 4 nitrogen and oxygen atoms in total. The van der Waals surface area contributed by atoms with Gasteiger partial charge in [-0.3, -0.25) is 9.59 Å². The van der Waals surface area contributed by atoms with E-state index in [1.54, 1.807) is 0 Å². The Bertz CT molecular complexity index is 395. The Morgan fingerprint density at radius 2 is 2.00 bits per heavy atom. The van der Waals surface area contributed by atoms with E-state index in [2.05, 4.69) is 6.92 Å². The van der Waals surface area contributed by atoms with Crippen LogP contribution in [-0.2, 0) is 14.3 Å². The molecule has 4 heteroatoms. The van der Waals surface area contributed by atoms with Crippen molar-refractivity contribution in [1.82, 2.24) is 0 Å². The number of Topliss-reactive ketones (excluding diaryl/α,β-unsaturated/α-hetero) is 1. The molecule has 0 spiro atoms. The minimum Gasteiger partial charge on any atom is -0.481 e. The van der Waals surface area contributed by atoms with Crippen molar-refractivity contribution in [3.8, 4) is 0 Å². The molecule has 0 saturated heterocycles. The zero-order valence-corrected chi connectivity index (χ0v) is 12.2. The fraction of sp³-hybridized carbons (Fsp3) is 0.867. The number of fused-ring (bicyclic) bond motifs is 1. The molecule has 2 rings (SSSR count). The number of ketones is 1. The van der Waals surface area contributed by atoms with Crippen LogP contribution >= 0.6 is 0 Å². The zero-order valence-electron chi connectivity index (χ0n) is 12.2. The molecule has 108 valence electrons. The molecule has 2 aliphatic carbocycles. The highest BCUT2D eigenvalue weighted by Crippen LogP contribution is 2.55. The lowest BCUT2D eigenvalue weighted by Gasteiger charge is -2.44. The second-order valence-electron chi connectivity index (χ2n) is 7.19. The van der Waals surface area contributed by atoms with Crippen molar-refractivity contribution in [2.24, 2.45) is 17.3 Å². The summed E-state index contributed by atoms with van der Waals surface area (Å²) in [5, 5.41) is 9.33. The molecule has 0 aromatic carbocycles. The predicted molar refractivity (Wildman–Crippen MR) is 70.8 cm³/mol. The van der Waals surface area contributed by atoms with Crippen LogP contribution in [0.4, 0.5) is 0 Å². The van der Waals surface area contributed by atoms with E-state index >= 15 is 0 Å². The van der Waals surface area contributed by atoms with Gasteiger partial charge in [-0.1, -0.05) is 6.92 Å². The van der Waals surface area contributed by atoms with Gasteiger partial charge in [0, 0.05) is 6.42 Å². The molecule has 0 heterocycles. The standard InChI is InChI=1S/C15H24O4/c1-14(2,3)19-11-6-5-9-12(13(17)18)10(16)7-8-15(9,11)4/h9,11-12H,5-8H2,1-4H3,(H,17,18)/t9?,11-,12?,15-/m1/s1. The monoisotopic (exact) mass is 268 g/mol. The SMILES string of the molecule is CC(C)(C)O[C@@H]1CCC2C(C(=O)O)C(=O)CC[C@]21C. The number of hydrogen-bond donors (Lipinski definition) is 1. The molecule has 2 saturated carbocycles. The van der Waals surface area contributed by atoms with E-state index in [0.29, 0.717) is 6.42 Å². The molecule has 0 radical (unpaired) electrons. The molecule has 0 bridgehead atoms. The molecule has 0 aromatic rings. The Hall–Kier alpha value is -0.900. The summed E-state index contributed by atoms with van der Waals surface area (Å²) in [5.41, 5.74) is -0.410. The second-order valence-corrected chi connectivity index (χ2v) is 7.19. The Kier molecular flexibility index (Phi) is 3.50. The van der Waals surface area contributed by atoms with E-state index in [9.17, 15) is 14.7 Å². The van der Waals surface area contributed by atoms with Crippen LogP contribution in [0.25, 0.3) is 0 Å². The number of ether oxygens (including phenoxy) is 1. The average molecular weight is 268 g/mol. The number of carboxylic acid groups (broad SMARTS) is 1. The first-order valence-electron chi connectivity index (χ1n) is 7.08. The number of aliphatic carboxylic acids is 1. The first-order chi connectivity index (χ1) is 8.65. The van der Waals surface area contributed by atoms with E-state index < -0.39 is 11.9 Å². The van der Waals surface area contributed by atoms with Crippen LogP contribution in [0.1, 0.15) is 53.4 Å². The van der Waals surface area contributed by atoms with E-state index in [4.69, 9.17) is 4.74 Å². The van der Waals surface area contributed by atoms with Crippen LogP contribution in [0.5, 0.6) is 0 Å². The summed E-state index contributed by atoms with van der Waals surface area (Å²) in [7, 11) is 0. The van der Waals surface area contributed by atoms with Crippen molar-refractivity contribution in [3.05, 3.63) is 0 Å². The summed E-state index contributed by atoms with van der Waals surface area (Å²) in [5.74, 6) is -1.96. The average Bonchev–Trinajstić information content (AvgIpc) is 2.54. The minimum atomic E-state index is -0.961. The Morgan fingerprint density at radius 3 is 2.53 bits per heavy atom. The molecule has 0 aliphatic heterocycles. The molecule has 2 aliphatic rings. The van der Waals surface area contributed by atoms with Crippen molar-refractivity contribution in [2.45, 2.75) is 65.1 Å². The lowest BCUT2D eigenvalue weighted by molar-refractivity contribution is -0.160. The van der Waals surface area contributed by atoms with Crippen molar-refractivity contribution >= 4 is 11.8 Å². The predicted octanol–water partition coefficient (Wildman–Crippen LogP) is 2.65. The van der Waals surface area contributed by atoms with Crippen LogP contribution < -0.4 is 0 Å². The molecule has 2 fully saturated rings. The van der Waals surface area contributed by atoms with Crippen LogP contribution in [0.3, 0.4) is 0 Å². The maximum absolute atomic E-state index is 11.9. The Balaban J connectivity index is 2.25. The van der Waals surface area contributed by atoms with Crippen LogP contribution in [-0.4, -0.2) is 28.6 Å². The smallest absolute Gasteiger partial charge is 0.314 e. The fourth-order valence-corrected chi connectivity index (χ4v) is 3.83. The highest BCUT2D eigenvalue weighted by Gasteiger charge is 2.57. The lowest BCUT2D eigenvalue weighted by Crippen LogP contribution is -2.48. The van der Waals surface area contributed by atoms with Gasteiger partial charge in [-0.25, -0.2) is 0 Å². The summed E-state index contributed by atoms with van der Waals surface area (Å²) < 4.78 is 6.13. The quantitative estimate of drug-likeness (QED) is 0.782. The number of carbonyl (C=O) groups excluding carboxylic acids is 1. The summed E-state index contributed by atoms with van der Waals surface area (Å²) in [4.78, 5) is 23.3. The Labute approximate surface area is 114 Å².